The maximum atomic E-state index is 11.2. The quantitative estimate of drug-likeness (QED) is 0.660. The monoisotopic (exact) mass is 226 g/mol. The van der Waals surface area contributed by atoms with Crippen LogP contribution in [0.4, 0.5) is 0 Å². The summed E-state index contributed by atoms with van der Waals surface area (Å²) in [5.74, 6) is -0.376. The maximum absolute atomic E-state index is 11.2. The van der Waals surface area contributed by atoms with Crippen molar-refractivity contribution < 1.29 is 14.3 Å². The van der Waals surface area contributed by atoms with Crippen LogP contribution in [0.3, 0.4) is 0 Å². The summed E-state index contributed by atoms with van der Waals surface area (Å²) in [5, 5.41) is 2.31. The SMILES string of the molecule is CC1(CN2CC(=O)NC(=O)C2)CCOCC1. The minimum atomic E-state index is -0.188. The minimum absolute atomic E-state index is 0.177. The van der Waals surface area contributed by atoms with Gasteiger partial charge in [0.2, 0.25) is 11.8 Å². The molecule has 0 bridgehead atoms. The van der Waals surface area contributed by atoms with Crippen LogP contribution in [0.5, 0.6) is 0 Å². The lowest BCUT2D eigenvalue weighted by molar-refractivity contribution is -0.137. The molecule has 2 fully saturated rings. The summed E-state index contributed by atoms with van der Waals surface area (Å²) in [5.41, 5.74) is 0.177. The molecule has 0 aromatic carbocycles. The van der Waals surface area contributed by atoms with Gasteiger partial charge in [-0.15, -0.1) is 0 Å². The Kier molecular flexibility index (Phi) is 3.25. The maximum Gasteiger partial charge on any atom is 0.240 e. The molecular weight excluding hydrogens is 208 g/mol. The number of rotatable bonds is 2. The fraction of sp³-hybridized carbons (Fsp3) is 0.818. The molecule has 0 aromatic rings. The molecule has 0 spiro atoms. The van der Waals surface area contributed by atoms with Crippen molar-refractivity contribution in [3.63, 3.8) is 0 Å². The van der Waals surface area contributed by atoms with E-state index < -0.39 is 0 Å². The largest absolute Gasteiger partial charge is 0.381 e. The minimum Gasteiger partial charge on any atom is -0.381 e. The Bertz CT molecular complexity index is 282. The van der Waals surface area contributed by atoms with Gasteiger partial charge in [0.05, 0.1) is 13.1 Å². The second-order valence-electron chi connectivity index (χ2n) is 5.04. The van der Waals surface area contributed by atoms with Gasteiger partial charge in [-0.3, -0.25) is 19.8 Å². The van der Waals surface area contributed by atoms with E-state index in [0.29, 0.717) is 13.1 Å². The summed E-state index contributed by atoms with van der Waals surface area (Å²) in [6.07, 6.45) is 2.00. The van der Waals surface area contributed by atoms with Crippen molar-refractivity contribution in [2.24, 2.45) is 5.41 Å². The third-order valence-corrected chi connectivity index (χ3v) is 3.32. The van der Waals surface area contributed by atoms with Crippen LogP contribution < -0.4 is 5.32 Å². The van der Waals surface area contributed by atoms with E-state index in [9.17, 15) is 9.59 Å². The van der Waals surface area contributed by atoms with Crippen molar-refractivity contribution in [3.8, 4) is 0 Å². The summed E-state index contributed by atoms with van der Waals surface area (Å²) >= 11 is 0. The zero-order valence-electron chi connectivity index (χ0n) is 9.62. The fourth-order valence-electron chi connectivity index (χ4n) is 2.37. The molecule has 0 unspecified atom stereocenters. The zero-order chi connectivity index (χ0) is 11.6. The Balaban J connectivity index is 1.92. The number of carbonyl (C=O) groups is 2. The second-order valence-corrected chi connectivity index (χ2v) is 5.04. The number of piperazine rings is 1. The molecule has 0 aromatic heterocycles. The Morgan fingerprint density at radius 1 is 1.25 bits per heavy atom. The third kappa shape index (κ3) is 2.80. The Labute approximate surface area is 95.1 Å². The smallest absolute Gasteiger partial charge is 0.240 e. The van der Waals surface area contributed by atoms with Crippen molar-refractivity contribution in [2.45, 2.75) is 19.8 Å². The zero-order valence-corrected chi connectivity index (χ0v) is 9.62. The van der Waals surface area contributed by atoms with E-state index in [2.05, 4.69) is 12.2 Å². The average Bonchev–Trinajstić information content (AvgIpc) is 2.15. The Morgan fingerprint density at radius 3 is 2.38 bits per heavy atom. The first kappa shape index (κ1) is 11.5. The molecule has 2 aliphatic rings. The van der Waals surface area contributed by atoms with Gasteiger partial charge < -0.3 is 4.74 Å². The average molecular weight is 226 g/mol. The molecule has 0 atom stereocenters. The van der Waals surface area contributed by atoms with E-state index in [0.717, 1.165) is 32.6 Å². The van der Waals surface area contributed by atoms with Crippen molar-refractivity contribution in [3.05, 3.63) is 0 Å². The van der Waals surface area contributed by atoms with E-state index >= 15 is 0 Å². The molecule has 16 heavy (non-hydrogen) atoms. The number of carbonyl (C=O) groups excluding carboxylic acids is 2. The first-order valence-electron chi connectivity index (χ1n) is 5.70. The molecule has 1 N–H and O–H groups in total. The van der Waals surface area contributed by atoms with E-state index in [1.807, 2.05) is 4.90 Å². The van der Waals surface area contributed by atoms with Gasteiger partial charge in [0.25, 0.3) is 0 Å². The Hall–Kier alpha value is -0.940. The number of amides is 2. The molecule has 2 rings (SSSR count). The van der Waals surface area contributed by atoms with Crippen LogP contribution in [0.2, 0.25) is 0 Å². The molecule has 2 amide bonds. The van der Waals surface area contributed by atoms with E-state index in [1.54, 1.807) is 0 Å². The molecule has 2 saturated heterocycles. The van der Waals surface area contributed by atoms with Crippen molar-refractivity contribution >= 4 is 11.8 Å². The van der Waals surface area contributed by atoms with Gasteiger partial charge in [0, 0.05) is 19.8 Å². The normalized spacial score (nSPS) is 26.6. The first-order chi connectivity index (χ1) is 7.57. The van der Waals surface area contributed by atoms with Crippen molar-refractivity contribution in [2.75, 3.05) is 32.8 Å². The molecule has 0 radical (unpaired) electrons. The van der Waals surface area contributed by atoms with Gasteiger partial charge in [-0.2, -0.15) is 0 Å². The van der Waals surface area contributed by atoms with E-state index in [1.165, 1.54) is 0 Å². The summed E-state index contributed by atoms with van der Waals surface area (Å²) in [6.45, 7) is 5.24. The van der Waals surface area contributed by atoms with Crippen LogP contribution >= 0.6 is 0 Å². The summed E-state index contributed by atoms with van der Waals surface area (Å²) < 4.78 is 5.33. The summed E-state index contributed by atoms with van der Waals surface area (Å²) in [4.78, 5) is 24.4. The van der Waals surface area contributed by atoms with Gasteiger partial charge >= 0.3 is 0 Å². The first-order valence-corrected chi connectivity index (χ1v) is 5.70. The predicted molar refractivity (Wildman–Crippen MR) is 57.7 cm³/mol. The lowest BCUT2D eigenvalue weighted by Crippen LogP contribution is -2.54. The van der Waals surface area contributed by atoms with Crippen LogP contribution in [0.1, 0.15) is 19.8 Å². The summed E-state index contributed by atoms with van der Waals surface area (Å²) in [7, 11) is 0. The number of nitrogens with zero attached hydrogens (tertiary/aromatic N) is 1. The van der Waals surface area contributed by atoms with Crippen LogP contribution in [-0.4, -0.2) is 49.6 Å². The molecule has 0 aliphatic carbocycles. The van der Waals surface area contributed by atoms with Gasteiger partial charge in [-0.25, -0.2) is 0 Å². The van der Waals surface area contributed by atoms with Gasteiger partial charge in [-0.05, 0) is 18.3 Å². The lowest BCUT2D eigenvalue weighted by atomic mass is 9.82. The standard InChI is InChI=1S/C11H18N2O3/c1-11(2-4-16-5-3-11)8-13-6-9(14)12-10(15)7-13/h2-8H2,1H3,(H,12,14,15). The molecule has 5 heteroatoms. The molecule has 2 heterocycles. The van der Waals surface area contributed by atoms with E-state index in [4.69, 9.17) is 4.74 Å². The van der Waals surface area contributed by atoms with Crippen LogP contribution in [0.25, 0.3) is 0 Å². The number of imide groups is 1. The van der Waals surface area contributed by atoms with Crippen LogP contribution in [-0.2, 0) is 14.3 Å². The molecule has 2 aliphatic heterocycles. The van der Waals surface area contributed by atoms with E-state index in [-0.39, 0.29) is 17.2 Å². The van der Waals surface area contributed by atoms with Crippen LogP contribution in [0, 0.1) is 5.41 Å². The predicted octanol–water partition coefficient (Wildman–Crippen LogP) is -0.238. The van der Waals surface area contributed by atoms with Crippen LogP contribution in [0.15, 0.2) is 0 Å². The second kappa shape index (κ2) is 4.51. The number of ether oxygens (including phenoxy) is 1. The highest BCUT2D eigenvalue weighted by Gasteiger charge is 2.32. The number of hydrogen-bond donors (Lipinski definition) is 1. The fourth-order valence-corrected chi connectivity index (χ4v) is 2.37. The highest BCUT2D eigenvalue weighted by Crippen LogP contribution is 2.30. The van der Waals surface area contributed by atoms with Gasteiger partial charge in [0.15, 0.2) is 0 Å². The molecule has 90 valence electrons. The number of nitrogens with one attached hydrogen (secondary N) is 1. The molecule has 0 saturated carbocycles. The van der Waals surface area contributed by atoms with Gasteiger partial charge in [-0.1, -0.05) is 6.92 Å². The topological polar surface area (TPSA) is 58.6 Å². The summed E-state index contributed by atoms with van der Waals surface area (Å²) in [6, 6.07) is 0. The Morgan fingerprint density at radius 2 is 1.81 bits per heavy atom. The highest BCUT2D eigenvalue weighted by atomic mass is 16.5. The van der Waals surface area contributed by atoms with Gasteiger partial charge in [0.1, 0.15) is 0 Å². The number of hydrogen-bond acceptors (Lipinski definition) is 4. The van der Waals surface area contributed by atoms with Crippen molar-refractivity contribution in [1.82, 2.24) is 10.2 Å². The third-order valence-electron chi connectivity index (χ3n) is 3.32. The van der Waals surface area contributed by atoms with Crippen molar-refractivity contribution in [1.29, 1.82) is 0 Å². The lowest BCUT2D eigenvalue weighted by Gasteiger charge is -2.38. The highest BCUT2D eigenvalue weighted by molar-refractivity contribution is 5.99. The molecular formula is C11H18N2O3. The molecule has 5 nitrogen and oxygen atoms in total.